The largest absolute Gasteiger partial charge is 0.461 e. The topological polar surface area (TPSA) is 116 Å². The van der Waals surface area contributed by atoms with Crippen molar-refractivity contribution in [1.29, 1.82) is 0 Å². The summed E-state index contributed by atoms with van der Waals surface area (Å²) in [7, 11) is 0. The Kier molecular flexibility index (Phi) is 7.05. The molecule has 2 aromatic heterocycles. The standard InChI is InChI=1S/C22H21N5O2S3/c1-2-29-21(28)17-16(12-13-6-4-3-5-7-13)30-20(26-17)18-19(23)27-22(31-18)25-14-8-10-15(32-24)11-9-14/h3-11H,2,12,23-24H2,1H3,(H,25,27). The maximum atomic E-state index is 12.5. The number of benzene rings is 2. The number of nitrogens with two attached hydrogens (primary N) is 2. The molecule has 7 nitrogen and oxygen atoms in total. The van der Waals surface area contributed by atoms with Gasteiger partial charge in [0.1, 0.15) is 15.7 Å². The van der Waals surface area contributed by atoms with Crippen LogP contribution >= 0.6 is 34.6 Å². The van der Waals surface area contributed by atoms with Gasteiger partial charge < -0.3 is 15.8 Å². The molecule has 2 heterocycles. The van der Waals surface area contributed by atoms with Crippen LogP contribution in [0, 0.1) is 0 Å². The van der Waals surface area contributed by atoms with Crippen molar-refractivity contribution in [2.24, 2.45) is 5.14 Å². The molecular weight excluding hydrogens is 462 g/mol. The van der Waals surface area contributed by atoms with E-state index in [2.05, 4.69) is 15.3 Å². The number of hydrogen-bond donors (Lipinski definition) is 3. The average Bonchev–Trinajstić information content (AvgIpc) is 3.38. The number of rotatable bonds is 8. The zero-order valence-electron chi connectivity index (χ0n) is 17.2. The van der Waals surface area contributed by atoms with E-state index < -0.39 is 5.97 Å². The van der Waals surface area contributed by atoms with Gasteiger partial charge in [-0.1, -0.05) is 41.7 Å². The van der Waals surface area contributed by atoms with E-state index in [9.17, 15) is 4.79 Å². The first-order valence-corrected chi connectivity index (χ1v) is 12.3. The molecule has 0 saturated carbocycles. The first-order valence-electron chi connectivity index (χ1n) is 9.78. The van der Waals surface area contributed by atoms with Crippen molar-refractivity contribution in [3.05, 3.63) is 70.7 Å². The zero-order valence-corrected chi connectivity index (χ0v) is 19.7. The summed E-state index contributed by atoms with van der Waals surface area (Å²) < 4.78 is 5.23. The van der Waals surface area contributed by atoms with E-state index in [1.807, 2.05) is 54.6 Å². The van der Waals surface area contributed by atoms with Crippen LogP contribution in [0.25, 0.3) is 9.88 Å². The maximum absolute atomic E-state index is 12.5. The number of carbonyl (C=O) groups is 1. The van der Waals surface area contributed by atoms with Crippen molar-refractivity contribution in [3.63, 3.8) is 0 Å². The van der Waals surface area contributed by atoms with Gasteiger partial charge in [0.25, 0.3) is 0 Å². The van der Waals surface area contributed by atoms with Crippen molar-refractivity contribution in [1.82, 2.24) is 9.97 Å². The Morgan fingerprint density at radius 1 is 1.09 bits per heavy atom. The highest BCUT2D eigenvalue weighted by molar-refractivity contribution is 7.97. The van der Waals surface area contributed by atoms with Crippen molar-refractivity contribution in [2.45, 2.75) is 18.2 Å². The lowest BCUT2D eigenvalue weighted by molar-refractivity contribution is 0.0519. The predicted molar refractivity (Wildman–Crippen MR) is 133 cm³/mol. The summed E-state index contributed by atoms with van der Waals surface area (Å²) in [6, 6.07) is 17.6. The number of ether oxygens (including phenoxy) is 1. The molecular formula is C22H21N5O2S3. The van der Waals surface area contributed by atoms with Crippen LogP contribution in [0.15, 0.2) is 59.5 Å². The SMILES string of the molecule is CCOC(=O)c1nc(-c2sc(Nc3ccc(SN)cc3)nc2N)sc1Cc1ccccc1. The van der Waals surface area contributed by atoms with E-state index in [-0.39, 0.29) is 6.61 Å². The maximum Gasteiger partial charge on any atom is 0.358 e. The van der Waals surface area contributed by atoms with Crippen LogP contribution in [0.2, 0.25) is 0 Å². The minimum absolute atomic E-state index is 0.286. The van der Waals surface area contributed by atoms with E-state index in [0.717, 1.165) is 25.9 Å². The monoisotopic (exact) mass is 483 g/mol. The fourth-order valence-corrected chi connectivity index (χ4v) is 5.35. The minimum Gasteiger partial charge on any atom is -0.461 e. The lowest BCUT2D eigenvalue weighted by Gasteiger charge is -2.02. The third kappa shape index (κ3) is 5.10. The van der Waals surface area contributed by atoms with Gasteiger partial charge in [-0.25, -0.2) is 14.8 Å². The Hall–Kier alpha value is -2.92. The molecule has 0 radical (unpaired) electrons. The van der Waals surface area contributed by atoms with E-state index in [1.165, 1.54) is 34.6 Å². The van der Waals surface area contributed by atoms with Crippen molar-refractivity contribution in [2.75, 3.05) is 17.7 Å². The molecule has 0 aliphatic rings. The van der Waals surface area contributed by atoms with Gasteiger partial charge in [-0.15, -0.1) is 11.3 Å². The Balaban J connectivity index is 1.63. The number of nitrogen functional groups attached to an aromatic ring is 1. The molecule has 0 amide bonds. The summed E-state index contributed by atoms with van der Waals surface area (Å²) in [6.45, 7) is 2.06. The third-order valence-electron chi connectivity index (χ3n) is 4.46. The third-order valence-corrected chi connectivity index (χ3v) is 7.20. The quantitative estimate of drug-likeness (QED) is 0.228. The Morgan fingerprint density at radius 3 is 2.53 bits per heavy atom. The Bertz CT molecular complexity index is 1210. The highest BCUT2D eigenvalue weighted by atomic mass is 32.2. The van der Waals surface area contributed by atoms with Gasteiger partial charge in [-0.2, -0.15) is 0 Å². The summed E-state index contributed by atoms with van der Waals surface area (Å²) >= 11 is 4.02. The normalized spacial score (nSPS) is 10.8. The molecule has 0 aliphatic heterocycles. The number of nitrogens with zero attached hydrogens (tertiary/aromatic N) is 2. The average molecular weight is 484 g/mol. The van der Waals surface area contributed by atoms with Gasteiger partial charge in [-0.05, 0) is 48.7 Å². The number of aromatic nitrogens is 2. The fraction of sp³-hybridized carbons (Fsp3) is 0.136. The summed E-state index contributed by atoms with van der Waals surface area (Å²) in [5.41, 5.74) is 8.50. The van der Waals surface area contributed by atoms with Crippen LogP contribution in [0.5, 0.6) is 0 Å². The van der Waals surface area contributed by atoms with Crippen molar-refractivity contribution in [3.8, 4) is 9.88 Å². The van der Waals surface area contributed by atoms with Crippen LogP contribution < -0.4 is 16.2 Å². The molecule has 0 spiro atoms. The van der Waals surface area contributed by atoms with E-state index in [1.54, 1.807) is 6.92 Å². The second kappa shape index (κ2) is 10.1. The summed E-state index contributed by atoms with van der Waals surface area (Å²) in [5.74, 6) is -0.0673. The molecule has 2 aromatic carbocycles. The van der Waals surface area contributed by atoms with Gasteiger partial charge in [-0.3, -0.25) is 5.14 Å². The smallest absolute Gasteiger partial charge is 0.358 e. The van der Waals surface area contributed by atoms with Crippen LogP contribution in [-0.4, -0.2) is 22.5 Å². The number of thiazole rings is 2. The first-order chi connectivity index (χ1) is 15.6. The molecule has 5 N–H and O–H groups in total. The summed E-state index contributed by atoms with van der Waals surface area (Å²) in [5, 5.41) is 10.1. The number of carbonyl (C=O) groups excluding carboxylic acids is 1. The Labute approximate surface area is 198 Å². The summed E-state index contributed by atoms with van der Waals surface area (Å²) in [6.07, 6.45) is 0.585. The van der Waals surface area contributed by atoms with Gasteiger partial charge in [0.15, 0.2) is 10.8 Å². The number of anilines is 3. The molecule has 0 unspecified atom stereocenters. The van der Waals surface area contributed by atoms with Crippen LogP contribution in [-0.2, 0) is 11.2 Å². The van der Waals surface area contributed by atoms with Crippen molar-refractivity contribution >= 4 is 57.2 Å². The second-order valence-electron chi connectivity index (χ2n) is 6.67. The van der Waals surface area contributed by atoms with Crippen LogP contribution in [0.3, 0.4) is 0 Å². The van der Waals surface area contributed by atoms with E-state index >= 15 is 0 Å². The molecule has 0 aliphatic carbocycles. The molecule has 4 aromatic rings. The highest BCUT2D eigenvalue weighted by Crippen LogP contribution is 2.40. The van der Waals surface area contributed by atoms with Gasteiger partial charge in [0, 0.05) is 21.9 Å². The molecule has 32 heavy (non-hydrogen) atoms. The number of hydrogen-bond acceptors (Lipinski definition) is 10. The molecule has 0 atom stereocenters. The van der Waals surface area contributed by atoms with Gasteiger partial charge >= 0.3 is 5.97 Å². The molecule has 4 rings (SSSR count). The highest BCUT2D eigenvalue weighted by Gasteiger charge is 2.23. The number of esters is 1. The molecule has 10 heteroatoms. The molecule has 0 fully saturated rings. The second-order valence-corrected chi connectivity index (χ2v) is 9.46. The molecule has 0 saturated heterocycles. The van der Waals surface area contributed by atoms with E-state index in [4.69, 9.17) is 15.6 Å². The lowest BCUT2D eigenvalue weighted by atomic mass is 10.1. The number of nitrogens with one attached hydrogen (secondary N) is 1. The minimum atomic E-state index is -0.430. The summed E-state index contributed by atoms with van der Waals surface area (Å²) in [4.78, 5) is 24.1. The Morgan fingerprint density at radius 2 is 1.84 bits per heavy atom. The van der Waals surface area contributed by atoms with Gasteiger partial charge in [0.2, 0.25) is 0 Å². The van der Waals surface area contributed by atoms with Crippen LogP contribution in [0.4, 0.5) is 16.6 Å². The predicted octanol–water partition coefficient (Wildman–Crippen LogP) is 5.33. The van der Waals surface area contributed by atoms with Crippen molar-refractivity contribution < 1.29 is 9.53 Å². The van der Waals surface area contributed by atoms with Gasteiger partial charge in [0.05, 0.1) is 6.61 Å². The lowest BCUT2D eigenvalue weighted by Crippen LogP contribution is -2.08. The van der Waals surface area contributed by atoms with Crippen LogP contribution in [0.1, 0.15) is 27.9 Å². The van der Waals surface area contributed by atoms with E-state index in [0.29, 0.717) is 28.1 Å². The molecule has 164 valence electrons. The zero-order chi connectivity index (χ0) is 22.5. The first kappa shape index (κ1) is 22.3. The fourth-order valence-electron chi connectivity index (χ4n) is 2.99. The molecule has 0 bridgehead atoms.